The van der Waals surface area contributed by atoms with Crippen molar-refractivity contribution in [2.75, 3.05) is 0 Å². The van der Waals surface area contributed by atoms with Crippen molar-refractivity contribution in [2.24, 2.45) is 0 Å². The van der Waals surface area contributed by atoms with E-state index < -0.39 is 4.92 Å². The lowest BCUT2D eigenvalue weighted by Gasteiger charge is -1.95. The normalized spacial score (nSPS) is 9.00. The van der Waals surface area contributed by atoms with Gasteiger partial charge in [0, 0.05) is 12.3 Å². The van der Waals surface area contributed by atoms with E-state index in [0.717, 1.165) is 0 Å². The Hall–Kier alpha value is -1.96. The predicted molar refractivity (Wildman–Crippen MR) is 40.3 cm³/mol. The molecule has 0 atom stereocenters. The van der Waals surface area contributed by atoms with Gasteiger partial charge in [-0.15, -0.1) is 0 Å². The van der Waals surface area contributed by atoms with E-state index in [0.29, 0.717) is 5.56 Å². The maximum Gasteiger partial charge on any atom is 0.276 e. The third-order valence-electron chi connectivity index (χ3n) is 1.48. The predicted octanol–water partition coefficient (Wildman–Crippen LogP) is 1.17. The lowest BCUT2D eigenvalue weighted by atomic mass is 10.2. The molecule has 0 fully saturated rings. The van der Waals surface area contributed by atoms with Gasteiger partial charge in [-0.05, 0) is 6.92 Å². The van der Waals surface area contributed by atoms with Crippen LogP contribution in [0.4, 0.5) is 5.69 Å². The highest BCUT2D eigenvalue weighted by atomic mass is 16.6. The molecule has 60 valence electrons. The van der Waals surface area contributed by atoms with Gasteiger partial charge in [0.25, 0.3) is 5.69 Å². The van der Waals surface area contributed by atoms with Crippen LogP contribution in [0.25, 0.3) is 0 Å². The second-order valence-electron chi connectivity index (χ2n) is 2.17. The highest BCUT2D eigenvalue weighted by molar-refractivity contribution is 5.45. The summed E-state index contributed by atoms with van der Waals surface area (Å²) in [5.74, 6) is 0. The van der Waals surface area contributed by atoms with Crippen molar-refractivity contribution in [3.8, 4) is 6.07 Å². The number of nitriles is 1. The fourth-order valence-corrected chi connectivity index (χ4v) is 0.836. The van der Waals surface area contributed by atoms with Crippen molar-refractivity contribution in [1.82, 2.24) is 4.98 Å². The summed E-state index contributed by atoms with van der Waals surface area (Å²) in [6.07, 6.45) is 1.25. The van der Waals surface area contributed by atoms with Crippen LogP contribution in [0.5, 0.6) is 0 Å². The Morgan fingerprint density at radius 1 is 1.75 bits per heavy atom. The lowest BCUT2D eigenvalue weighted by molar-refractivity contribution is -0.385. The first kappa shape index (κ1) is 8.14. The van der Waals surface area contributed by atoms with Crippen LogP contribution in [-0.4, -0.2) is 9.91 Å². The van der Waals surface area contributed by atoms with Crippen molar-refractivity contribution in [2.45, 2.75) is 6.92 Å². The third kappa shape index (κ3) is 1.22. The number of pyridine rings is 1. The van der Waals surface area contributed by atoms with Gasteiger partial charge in [0.1, 0.15) is 11.8 Å². The standard InChI is InChI=1S/C7H5N3O2/c1-5-6(4-8)9-3-2-7(5)10(11)12/h2-3H,1H3. The molecule has 1 aromatic rings. The molecule has 0 amide bonds. The Labute approximate surface area is 68.4 Å². The van der Waals surface area contributed by atoms with Gasteiger partial charge >= 0.3 is 0 Å². The fraction of sp³-hybridized carbons (Fsp3) is 0.143. The van der Waals surface area contributed by atoms with Crippen LogP contribution >= 0.6 is 0 Å². The molecule has 0 N–H and O–H groups in total. The summed E-state index contributed by atoms with van der Waals surface area (Å²) >= 11 is 0. The summed E-state index contributed by atoms with van der Waals surface area (Å²) in [7, 11) is 0. The van der Waals surface area contributed by atoms with Crippen LogP contribution in [0.2, 0.25) is 0 Å². The minimum absolute atomic E-state index is 0.0680. The first-order valence-electron chi connectivity index (χ1n) is 3.17. The largest absolute Gasteiger partial charge is 0.276 e. The molecule has 1 aromatic heterocycles. The minimum Gasteiger partial charge on any atom is -0.258 e. The molecule has 0 spiro atoms. The van der Waals surface area contributed by atoms with Gasteiger partial charge in [0.2, 0.25) is 0 Å². The Balaban J connectivity index is 3.35. The summed E-state index contributed by atoms with van der Waals surface area (Å²) in [6, 6.07) is 3.05. The number of hydrogen-bond donors (Lipinski definition) is 0. The molecule has 0 bridgehead atoms. The second-order valence-corrected chi connectivity index (χ2v) is 2.17. The summed E-state index contributed by atoms with van der Waals surface area (Å²) in [5.41, 5.74) is 0.343. The average molecular weight is 163 g/mol. The fourth-order valence-electron chi connectivity index (χ4n) is 0.836. The van der Waals surface area contributed by atoms with Gasteiger partial charge in [-0.3, -0.25) is 10.1 Å². The highest BCUT2D eigenvalue weighted by Crippen LogP contribution is 2.17. The molecule has 1 heterocycles. The molecule has 0 unspecified atom stereocenters. The molecule has 0 radical (unpaired) electrons. The van der Waals surface area contributed by atoms with E-state index in [9.17, 15) is 10.1 Å². The third-order valence-corrected chi connectivity index (χ3v) is 1.48. The molecule has 12 heavy (non-hydrogen) atoms. The zero-order chi connectivity index (χ0) is 9.14. The molecule has 0 aliphatic heterocycles. The van der Waals surface area contributed by atoms with Crippen molar-refractivity contribution in [3.63, 3.8) is 0 Å². The van der Waals surface area contributed by atoms with Crippen LogP contribution in [0, 0.1) is 28.4 Å². The molecular weight excluding hydrogens is 158 g/mol. The van der Waals surface area contributed by atoms with Crippen LogP contribution in [0.3, 0.4) is 0 Å². The monoisotopic (exact) mass is 163 g/mol. The first-order valence-corrected chi connectivity index (χ1v) is 3.17. The topological polar surface area (TPSA) is 79.8 Å². The average Bonchev–Trinajstić information content (AvgIpc) is 2.04. The molecule has 0 saturated carbocycles. The molecule has 5 heteroatoms. The number of aromatic nitrogens is 1. The molecule has 0 aromatic carbocycles. The smallest absolute Gasteiger partial charge is 0.258 e. The van der Waals surface area contributed by atoms with Gasteiger partial charge in [0.05, 0.1) is 10.5 Å². The van der Waals surface area contributed by atoms with E-state index in [4.69, 9.17) is 5.26 Å². The quantitative estimate of drug-likeness (QED) is 0.459. The SMILES string of the molecule is Cc1c([N+](=O)[O-])ccnc1C#N. The Bertz CT molecular complexity index is 367. The summed E-state index contributed by atoms with van der Waals surface area (Å²) in [5, 5.41) is 18.8. The minimum atomic E-state index is -0.530. The number of rotatable bonds is 1. The maximum atomic E-state index is 10.4. The maximum absolute atomic E-state index is 10.4. The first-order chi connectivity index (χ1) is 5.66. The molecular formula is C7H5N3O2. The summed E-state index contributed by atoms with van der Waals surface area (Å²) < 4.78 is 0. The van der Waals surface area contributed by atoms with Gasteiger partial charge in [-0.25, -0.2) is 4.98 Å². The van der Waals surface area contributed by atoms with E-state index in [1.807, 2.05) is 0 Å². The van der Waals surface area contributed by atoms with E-state index in [-0.39, 0.29) is 11.4 Å². The molecule has 0 saturated heterocycles. The summed E-state index contributed by atoms with van der Waals surface area (Å²) in [6.45, 7) is 1.50. The van der Waals surface area contributed by atoms with Gasteiger partial charge in [0.15, 0.2) is 0 Å². The number of hydrogen-bond acceptors (Lipinski definition) is 4. The van der Waals surface area contributed by atoms with Gasteiger partial charge in [-0.1, -0.05) is 0 Å². The van der Waals surface area contributed by atoms with Crippen LogP contribution in [-0.2, 0) is 0 Å². The molecule has 1 rings (SSSR count). The molecule has 0 aliphatic carbocycles. The molecule has 5 nitrogen and oxygen atoms in total. The van der Waals surface area contributed by atoms with Gasteiger partial charge < -0.3 is 0 Å². The number of nitrogens with zero attached hydrogens (tertiary/aromatic N) is 3. The van der Waals surface area contributed by atoms with Gasteiger partial charge in [-0.2, -0.15) is 5.26 Å². The Kier molecular flexibility index (Phi) is 2.01. The molecule has 0 aliphatic rings. The van der Waals surface area contributed by atoms with Crippen molar-refractivity contribution in [3.05, 3.63) is 33.6 Å². The van der Waals surface area contributed by atoms with Crippen LogP contribution in [0.15, 0.2) is 12.3 Å². The van der Waals surface area contributed by atoms with Crippen LogP contribution in [0.1, 0.15) is 11.3 Å². The Morgan fingerprint density at radius 3 is 2.92 bits per heavy atom. The lowest BCUT2D eigenvalue weighted by Crippen LogP contribution is -1.95. The van der Waals surface area contributed by atoms with Crippen molar-refractivity contribution >= 4 is 5.69 Å². The van der Waals surface area contributed by atoms with E-state index in [1.54, 1.807) is 6.07 Å². The zero-order valence-electron chi connectivity index (χ0n) is 6.31. The second kappa shape index (κ2) is 2.96. The Morgan fingerprint density at radius 2 is 2.42 bits per heavy atom. The number of nitro groups is 1. The van der Waals surface area contributed by atoms with Crippen LogP contribution < -0.4 is 0 Å². The highest BCUT2D eigenvalue weighted by Gasteiger charge is 2.13. The van der Waals surface area contributed by atoms with E-state index in [2.05, 4.69) is 4.98 Å². The zero-order valence-corrected chi connectivity index (χ0v) is 6.31. The van der Waals surface area contributed by atoms with Crippen molar-refractivity contribution in [1.29, 1.82) is 5.26 Å². The van der Waals surface area contributed by atoms with E-state index >= 15 is 0 Å². The van der Waals surface area contributed by atoms with Crippen molar-refractivity contribution < 1.29 is 4.92 Å². The van der Waals surface area contributed by atoms with E-state index in [1.165, 1.54) is 19.2 Å². The summed E-state index contributed by atoms with van der Waals surface area (Å²) in [4.78, 5) is 13.5.